The van der Waals surface area contributed by atoms with Crippen molar-refractivity contribution >= 4 is 23.5 Å². The van der Waals surface area contributed by atoms with Gasteiger partial charge in [-0.2, -0.15) is 0 Å². The van der Waals surface area contributed by atoms with Crippen LogP contribution >= 0.6 is 11.6 Å². The minimum absolute atomic E-state index is 0.242. The van der Waals surface area contributed by atoms with Gasteiger partial charge in [0, 0.05) is 6.20 Å². The van der Waals surface area contributed by atoms with Gasteiger partial charge in [0.25, 0.3) is 5.91 Å². The molecule has 2 aromatic rings. The third-order valence-corrected chi connectivity index (χ3v) is 3.28. The Morgan fingerprint density at radius 1 is 1.29 bits per heavy atom. The van der Waals surface area contributed by atoms with Crippen molar-refractivity contribution in [3.63, 3.8) is 0 Å². The van der Waals surface area contributed by atoms with Gasteiger partial charge in [-0.25, -0.2) is 4.79 Å². The zero-order valence-electron chi connectivity index (χ0n) is 11.2. The summed E-state index contributed by atoms with van der Waals surface area (Å²) >= 11 is 5.72. The lowest BCUT2D eigenvalue weighted by atomic mass is 10.1. The van der Waals surface area contributed by atoms with Crippen LogP contribution in [0.3, 0.4) is 0 Å². The minimum atomic E-state index is -1.06. The molecule has 1 unspecified atom stereocenters. The summed E-state index contributed by atoms with van der Waals surface area (Å²) in [4.78, 5) is 25.8. The van der Waals surface area contributed by atoms with E-state index in [-0.39, 0.29) is 5.69 Å². The van der Waals surface area contributed by atoms with Crippen LogP contribution in [-0.2, 0) is 11.2 Å². The van der Waals surface area contributed by atoms with E-state index in [2.05, 4.69) is 10.3 Å². The average Bonchev–Trinajstić information content (AvgIpc) is 2.90. The summed E-state index contributed by atoms with van der Waals surface area (Å²) in [6, 6.07) is 10.0. The fourth-order valence-corrected chi connectivity index (χ4v) is 2.11. The maximum absolute atomic E-state index is 11.9. The molecule has 21 heavy (non-hydrogen) atoms. The molecule has 5 nitrogen and oxygen atoms in total. The molecule has 1 atom stereocenters. The molecule has 0 saturated carbocycles. The number of aryl methyl sites for hydroxylation is 1. The molecular weight excluding hydrogens is 292 g/mol. The summed E-state index contributed by atoms with van der Waals surface area (Å²) in [5.41, 5.74) is 1.27. The van der Waals surface area contributed by atoms with Crippen LogP contribution in [0.5, 0.6) is 0 Å². The van der Waals surface area contributed by atoms with E-state index in [1.165, 1.54) is 12.3 Å². The van der Waals surface area contributed by atoms with Crippen molar-refractivity contribution in [2.45, 2.75) is 18.9 Å². The van der Waals surface area contributed by atoms with Gasteiger partial charge in [0.1, 0.15) is 11.7 Å². The number of halogens is 1. The van der Waals surface area contributed by atoms with E-state index in [0.29, 0.717) is 17.9 Å². The van der Waals surface area contributed by atoms with Gasteiger partial charge >= 0.3 is 5.97 Å². The third kappa shape index (κ3) is 4.36. The summed E-state index contributed by atoms with van der Waals surface area (Å²) in [6.45, 7) is 0. The number of H-pyrrole nitrogens is 1. The molecule has 0 bridgehead atoms. The van der Waals surface area contributed by atoms with Gasteiger partial charge in [-0.1, -0.05) is 41.9 Å². The molecule has 110 valence electrons. The summed E-state index contributed by atoms with van der Waals surface area (Å²) in [6.07, 6.45) is 2.36. The highest BCUT2D eigenvalue weighted by Crippen LogP contribution is 2.10. The van der Waals surface area contributed by atoms with Gasteiger partial charge in [0.15, 0.2) is 0 Å². The van der Waals surface area contributed by atoms with Crippen LogP contribution in [0.25, 0.3) is 0 Å². The van der Waals surface area contributed by atoms with Crippen molar-refractivity contribution < 1.29 is 14.7 Å². The van der Waals surface area contributed by atoms with Crippen LogP contribution in [0.15, 0.2) is 42.6 Å². The molecule has 0 aliphatic heterocycles. The van der Waals surface area contributed by atoms with Crippen LogP contribution in [0.2, 0.25) is 5.02 Å². The van der Waals surface area contributed by atoms with Crippen molar-refractivity contribution in [1.82, 2.24) is 10.3 Å². The highest BCUT2D eigenvalue weighted by Gasteiger charge is 2.21. The molecule has 0 aliphatic carbocycles. The molecule has 2 rings (SSSR count). The smallest absolute Gasteiger partial charge is 0.326 e. The highest BCUT2D eigenvalue weighted by atomic mass is 35.5. The lowest BCUT2D eigenvalue weighted by molar-refractivity contribution is -0.139. The quantitative estimate of drug-likeness (QED) is 0.767. The number of hydrogen-bond acceptors (Lipinski definition) is 2. The van der Waals surface area contributed by atoms with Crippen molar-refractivity contribution in [3.8, 4) is 0 Å². The van der Waals surface area contributed by atoms with Crippen LogP contribution in [0.4, 0.5) is 0 Å². The molecule has 0 radical (unpaired) electrons. The molecule has 0 spiro atoms. The van der Waals surface area contributed by atoms with Gasteiger partial charge in [-0.3, -0.25) is 4.79 Å². The summed E-state index contributed by atoms with van der Waals surface area (Å²) < 4.78 is 0. The first kappa shape index (κ1) is 15.1. The maximum Gasteiger partial charge on any atom is 0.326 e. The van der Waals surface area contributed by atoms with Gasteiger partial charge in [-0.15, -0.1) is 0 Å². The largest absolute Gasteiger partial charge is 0.480 e. The predicted octanol–water partition coefficient (Wildman–Crippen LogP) is 2.48. The summed E-state index contributed by atoms with van der Waals surface area (Å²) in [5, 5.41) is 12.1. The number of aromatic amines is 1. The van der Waals surface area contributed by atoms with Gasteiger partial charge in [0.2, 0.25) is 0 Å². The maximum atomic E-state index is 11.9. The molecular formula is C15H15ClN2O3. The number of hydrogen-bond donors (Lipinski definition) is 3. The van der Waals surface area contributed by atoms with Crippen molar-refractivity contribution in [3.05, 3.63) is 58.9 Å². The fourth-order valence-electron chi connectivity index (χ4n) is 1.95. The van der Waals surface area contributed by atoms with E-state index in [0.717, 1.165) is 5.56 Å². The number of aliphatic carboxylic acids is 1. The first-order valence-corrected chi connectivity index (χ1v) is 6.85. The van der Waals surface area contributed by atoms with Crippen LogP contribution < -0.4 is 5.32 Å². The minimum Gasteiger partial charge on any atom is -0.480 e. The Morgan fingerprint density at radius 2 is 2.00 bits per heavy atom. The lowest BCUT2D eigenvalue weighted by Gasteiger charge is -2.14. The Morgan fingerprint density at radius 3 is 2.57 bits per heavy atom. The Labute approximate surface area is 126 Å². The monoisotopic (exact) mass is 306 g/mol. The third-order valence-electron chi connectivity index (χ3n) is 3.06. The Balaban J connectivity index is 1.96. The first-order valence-electron chi connectivity index (χ1n) is 6.48. The van der Waals surface area contributed by atoms with E-state index in [1.807, 2.05) is 30.3 Å². The number of benzene rings is 1. The standard InChI is InChI=1S/C15H15ClN2O3/c16-11-8-13(17-9-11)14(19)18-12(15(20)21)7-6-10-4-2-1-3-5-10/h1-5,8-9,12,17H,6-7H2,(H,18,19)(H,20,21). The van der Waals surface area contributed by atoms with Gasteiger partial charge < -0.3 is 15.4 Å². The van der Waals surface area contributed by atoms with E-state index in [9.17, 15) is 14.7 Å². The zero-order valence-corrected chi connectivity index (χ0v) is 11.9. The van der Waals surface area contributed by atoms with E-state index in [4.69, 9.17) is 11.6 Å². The van der Waals surface area contributed by atoms with E-state index in [1.54, 1.807) is 0 Å². The second-order valence-electron chi connectivity index (χ2n) is 4.62. The predicted molar refractivity (Wildman–Crippen MR) is 79.5 cm³/mol. The number of nitrogens with one attached hydrogen (secondary N) is 2. The van der Waals surface area contributed by atoms with Crippen molar-refractivity contribution in [2.75, 3.05) is 0 Å². The Bertz CT molecular complexity index is 625. The Kier molecular flexibility index (Phi) is 5.00. The second kappa shape index (κ2) is 6.95. The second-order valence-corrected chi connectivity index (χ2v) is 5.06. The zero-order chi connectivity index (χ0) is 15.2. The highest BCUT2D eigenvalue weighted by molar-refractivity contribution is 6.30. The number of carbonyl (C=O) groups excluding carboxylic acids is 1. The summed E-state index contributed by atoms with van der Waals surface area (Å²) in [5.74, 6) is -1.54. The average molecular weight is 307 g/mol. The Hall–Kier alpha value is -2.27. The molecule has 6 heteroatoms. The number of carboxylic acid groups (broad SMARTS) is 1. The number of carbonyl (C=O) groups is 2. The lowest BCUT2D eigenvalue weighted by Crippen LogP contribution is -2.41. The number of rotatable bonds is 6. The molecule has 0 saturated heterocycles. The number of carboxylic acids is 1. The SMILES string of the molecule is O=C(NC(CCc1ccccc1)C(=O)O)c1cc(Cl)c[nH]1. The molecule has 1 aromatic heterocycles. The summed E-state index contributed by atoms with van der Waals surface area (Å²) in [7, 11) is 0. The number of aromatic nitrogens is 1. The van der Waals surface area contributed by atoms with Gasteiger partial charge in [0.05, 0.1) is 5.02 Å². The van der Waals surface area contributed by atoms with E-state index < -0.39 is 17.9 Å². The molecule has 1 amide bonds. The van der Waals surface area contributed by atoms with Crippen LogP contribution in [0, 0.1) is 0 Å². The normalized spacial score (nSPS) is 11.9. The first-order chi connectivity index (χ1) is 10.1. The van der Waals surface area contributed by atoms with E-state index >= 15 is 0 Å². The van der Waals surface area contributed by atoms with Crippen LogP contribution in [0.1, 0.15) is 22.5 Å². The number of amides is 1. The fraction of sp³-hybridized carbons (Fsp3) is 0.200. The molecule has 0 fully saturated rings. The van der Waals surface area contributed by atoms with Crippen LogP contribution in [-0.4, -0.2) is 28.0 Å². The van der Waals surface area contributed by atoms with Crippen molar-refractivity contribution in [1.29, 1.82) is 0 Å². The van der Waals surface area contributed by atoms with Gasteiger partial charge in [-0.05, 0) is 24.5 Å². The topological polar surface area (TPSA) is 82.2 Å². The molecule has 1 heterocycles. The van der Waals surface area contributed by atoms with Crippen molar-refractivity contribution in [2.24, 2.45) is 0 Å². The molecule has 0 aliphatic rings. The molecule has 1 aromatic carbocycles. The molecule has 3 N–H and O–H groups in total.